The van der Waals surface area contributed by atoms with Gasteiger partial charge in [-0.15, -0.1) is 0 Å². The van der Waals surface area contributed by atoms with E-state index in [1.165, 1.54) is 0 Å². The minimum absolute atomic E-state index is 0.435. The lowest BCUT2D eigenvalue weighted by atomic mass is 10.1. The van der Waals surface area contributed by atoms with Gasteiger partial charge in [-0.1, -0.05) is 35.0 Å². The molecule has 2 N–H and O–H groups in total. The van der Waals surface area contributed by atoms with Crippen molar-refractivity contribution in [2.24, 2.45) is 16.2 Å². The predicted molar refractivity (Wildman–Crippen MR) is 95.9 cm³/mol. The first-order chi connectivity index (χ1) is 11.8. The molecule has 24 heavy (non-hydrogen) atoms. The number of hydrogen-bond acceptors (Lipinski definition) is 3. The number of rotatable bonds is 3. The number of benzene rings is 2. The molecular formula is C18H14ClN5. The van der Waals surface area contributed by atoms with Crippen LogP contribution >= 0.6 is 11.6 Å². The van der Waals surface area contributed by atoms with E-state index in [0.29, 0.717) is 11.6 Å². The SMILES string of the molecule is NN=NCc1ccc2c(c1)nc(-c1cccc(Cl)c1)c1cccn12. The zero-order chi connectivity index (χ0) is 16.5. The predicted octanol–water partition coefficient (Wildman–Crippen LogP) is 4.63. The first-order valence-corrected chi connectivity index (χ1v) is 7.86. The number of hydrogen-bond donors (Lipinski definition) is 1. The zero-order valence-electron chi connectivity index (χ0n) is 12.7. The van der Waals surface area contributed by atoms with Gasteiger partial charge in [0.15, 0.2) is 0 Å². The molecule has 0 bridgehead atoms. The summed E-state index contributed by atoms with van der Waals surface area (Å²) in [7, 11) is 0. The fraction of sp³-hybridized carbons (Fsp3) is 0.0556. The van der Waals surface area contributed by atoms with Gasteiger partial charge in [0.2, 0.25) is 0 Å². The highest BCUT2D eigenvalue weighted by Gasteiger charge is 2.11. The van der Waals surface area contributed by atoms with Crippen LogP contribution in [0.5, 0.6) is 0 Å². The third-order valence-electron chi connectivity index (χ3n) is 3.96. The van der Waals surface area contributed by atoms with Crippen LogP contribution < -0.4 is 5.84 Å². The van der Waals surface area contributed by atoms with E-state index in [-0.39, 0.29) is 0 Å². The highest BCUT2D eigenvalue weighted by molar-refractivity contribution is 6.30. The Kier molecular flexibility index (Phi) is 3.63. The zero-order valence-corrected chi connectivity index (χ0v) is 13.5. The molecule has 0 saturated carbocycles. The van der Waals surface area contributed by atoms with Crippen LogP contribution in [0, 0.1) is 0 Å². The molecule has 5 nitrogen and oxygen atoms in total. The van der Waals surface area contributed by atoms with Crippen molar-refractivity contribution in [1.82, 2.24) is 9.38 Å². The van der Waals surface area contributed by atoms with E-state index in [1.807, 2.05) is 54.7 Å². The summed E-state index contributed by atoms with van der Waals surface area (Å²) in [6.45, 7) is 0.435. The molecule has 0 fully saturated rings. The van der Waals surface area contributed by atoms with Crippen LogP contribution in [0.15, 0.2) is 71.1 Å². The maximum Gasteiger partial charge on any atom is 0.0950 e. The fourth-order valence-electron chi connectivity index (χ4n) is 2.89. The van der Waals surface area contributed by atoms with Crippen molar-refractivity contribution in [3.63, 3.8) is 0 Å². The molecule has 0 unspecified atom stereocenters. The van der Waals surface area contributed by atoms with Crippen LogP contribution in [0.1, 0.15) is 5.56 Å². The molecule has 6 heteroatoms. The summed E-state index contributed by atoms with van der Waals surface area (Å²) < 4.78 is 2.13. The second-order valence-electron chi connectivity index (χ2n) is 5.47. The third kappa shape index (κ3) is 2.49. The second kappa shape index (κ2) is 5.94. The Bertz CT molecular complexity index is 1070. The lowest BCUT2D eigenvalue weighted by Gasteiger charge is -2.10. The molecule has 2 aromatic heterocycles. The van der Waals surface area contributed by atoms with Crippen LogP contribution in [-0.2, 0) is 6.54 Å². The van der Waals surface area contributed by atoms with Crippen LogP contribution in [-0.4, -0.2) is 9.38 Å². The summed E-state index contributed by atoms with van der Waals surface area (Å²) in [5.41, 5.74) is 5.85. The quantitative estimate of drug-likeness (QED) is 0.337. The molecule has 0 amide bonds. The van der Waals surface area contributed by atoms with Crippen LogP contribution in [0.25, 0.3) is 27.8 Å². The maximum absolute atomic E-state index is 6.15. The molecule has 0 saturated heterocycles. The highest BCUT2D eigenvalue weighted by atomic mass is 35.5. The average Bonchev–Trinajstić information content (AvgIpc) is 3.09. The summed E-state index contributed by atoms with van der Waals surface area (Å²) in [5, 5.41) is 7.85. The van der Waals surface area contributed by atoms with Gasteiger partial charge in [-0.2, -0.15) is 5.11 Å². The third-order valence-corrected chi connectivity index (χ3v) is 4.19. The van der Waals surface area contributed by atoms with Crippen LogP contribution in [0.3, 0.4) is 0 Å². The number of aromatic nitrogens is 2. The fourth-order valence-corrected chi connectivity index (χ4v) is 3.08. The summed E-state index contributed by atoms with van der Waals surface area (Å²) in [6, 6.07) is 17.9. The Morgan fingerprint density at radius 2 is 1.96 bits per heavy atom. The molecule has 0 aliphatic carbocycles. The van der Waals surface area contributed by atoms with Gasteiger partial charge in [0.05, 0.1) is 28.8 Å². The molecule has 0 aliphatic heterocycles. The van der Waals surface area contributed by atoms with Crippen molar-refractivity contribution in [3.8, 4) is 11.3 Å². The lowest BCUT2D eigenvalue weighted by molar-refractivity contribution is 0.893. The van der Waals surface area contributed by atoms with Crippen molar-refractivity contribution in [2.45, 2.75) is 6.54 Å². The smallest absolute Gasteiger partial charge is 0.0950 e. The Hall–Kier alpha value is -2.92. The molecule has 0 spiro atoms. The number of fused-ring (bicyclic) bond motifs is 3. The van der Waals surface area contributed by atoms with Crippen molar-refractivity contribution in [2.75, 3.05) is 0 Å². The Morgan fingerprint density at radius 1 is 1.04 bits per heavy atom. The maximum atomic E-state index is 6.15. The molecule has 0 atom stereocenters. The summed E-state index contributed by atoms with van der Waals surface area (Å²) >= 11 is 6.15. The van der Waals surface area contributed by atoms with E-state index < -0.39 is 0 Å². The topological polar surface area (TPSA) is 68.0 Å². The van der Waals surface area contributed by atoms with E-state index in [1.54, 1.807) is 0 Å². The lowest BCUT2D eigenvalue weighted by Crippen LogP contribution is -1.96. The van der Waals surface area contributed by atoms with Crippen molar-refractivity contribution in [1.29, 1.82) is 0 Å². The standard InChI is InChI=1S/C18H14ClN5/c19-14-4-1-3-13(10-14)18-17-5-2-8-24(17)16-7-6-12(11-21-23-20)9-15(16)22-18/h1-10H,11H2,(H2,20,21). The highest BCUT2D eigenvalue weighted by Crippen LogP contribution is 2.29. The first kappa shape index (κ1) is 14.7. The van der Waals surface area contributed by atoms with E-state index in [4.69, 9.17) is 22.4 Å². The van der Waals surface area contributed by atoms with Crippen molar-refractivity contribution in [3.05, 3.63) is 71.4 Å². The van der Waals surface area contributed by atoms with Crippen molar-refractivity contribution >= 4 is 28.2 Å². The summed E-state index contributed by atoms with van der Waals surface area (Å²) in [5.74, 6) is 5.09. The van der Waals surface area contributed by atoms with Crippen LogP contribution in [0.4, 0.5) is 0 Å². The molecular weight excluding hydrogens is 322 g/mol. The molecule has 0 radical (unpaired) electrons. The summed E-state index contributed by atoms with van der Waals surface area (Å²) in [4.78, 5) is 4.87. The Balaban J connectivity index is 1.99. The average molecular weight is 336 g/mol. The van der Waals surface area contributed by atoms with Gasteiger partial charge < -0.3 is 10.2 Å². The molecule has 118 valence electrons. The van der Waals surface area contributed by atoms with Crippen LogP contribution in [0.2, 0.25) is 5.02 Å². The summed E-state index contributed by atoms with van der Waals surface area (Å²) in [6.07, 6.45) is 2.03. The molecule has 4 aromatic rings. The van der Waals surface area contributed by atoms with E-state index in [0.717, 1.165) is 33.4 Å². The Labute approximate surface area is 143 Å². The molecule has 4 rings (SSSR count). The molecule has 0 aliphatic rings. The van der Waals surface area contributed by atoms with Crippen molar-refractivity contribution < 1.29 is 0 Å². The van der Waals surface area contributed by atoms with Gasteiger partial charge in [0, 0.05) is 16.8 Å². The number of nitrogens with two attached hydrogens (primary N) is 1. The van der Waals surface area contributed by atoms with E-state index >= 15 is 0 Å². The number of nitrogens with zero attached hydrogens (tertiary/aromatic N) is 4. The van der Waals surface area contributed by atoms with Gasteiger partial charge in [-0.25, -0.2) is 4.98 Å². The van der Waals surface area contributed by atoms with Gasteiger partial charge in [-0.05, 0) is 42.0 Å². The van der Waals surface area contributed by atoms with Gasteiger partial charge in [0.25, 0.3) is 0 Å². The largest absolute Gasteiger partial charge is 0.313 e. The normalized spacial score (nSPS) is 11.7. The second-order valence-corrected chi connectivity index (χ2v) is 5.91. The minimum atomic E-state index is 0.435. The monoisotopic (exact) mass is 335 g/mol. The number of halogens is 1. The molecule has 2 heterocycles. The van der Waals surface area contributed by atoms with Gasteiger partial charge in [-0.3, -0.25) is 0 Å². The van der Waals surface area contributed by atoms with Gasteiger partial charge >= 0.3 is 0 Å². The minimum Gasteiger partial charge on any atom is -0.313 e. The molecule has 2 aromatic carbocycles. The van der Waals surface area contributed by atoms with E-state index in [9.17, 15) is 0 Å². The van der Waals surface area contributed by atoms with Gasteiger partial charge in [0.1, 0.15) is 0 Å². The Morgan fingerprint density at radius 3 is 2.79 bits per heavy atom. The van der Waals surface area contributed by atoms with E-state index in [2.05, 4.69) is 20.8 Å². The first-order valence-electron chi connectivity index (χ1n) is 7.48.